The van der Waals surface area contributed by atoms with E-state index in [1.807, 2.05) is 151 Å². The molecule has 0 radical (unpaired) electrons. The number of aromatic nitrogens is 6. The van der Waals surface area contributed by atoms with Gasteiger partial charge in [-0.05, 0) is 117 Å². The molecular weight excluding hydrogens is 922 g/mol. The molecule has 0 aliphatic carbocycles. The third kappa shape index (κ3) is 8.71. The summed E-state index contributed by atoms with van der Waals surface area (Å²) in [5.41, 5.74) is 22.5. The molecule has 0 amide bonds. The van der Waals surface area contributed by atoms with Crippen molar-refractivity contribution in [3.8, 4) is 28.1 Å². The summed E-state index contributed by atoms with van der Waals surface area (Å²) in [6.45, 7) is 0. The minimum Gasteiger partial charge on any atom is -0.481 e. The highest BCUT2D eigenvalue weighted by Crippen LogP contribution is 2.40. The number of benzene rings is 6. The van der Waals surface area contributed by atoms with E-state index in [-0.39, 0.29) is 5.56 Å². The number of halogens is 4. The number of hydrogen-bond donors (Lipinski definition) is 3. The first-order valence-electron chi connectivity index (χ1n) is 21.0. The average molecular weight is 965 g/mol. The number of pyridine rings is 2. The number of ether oxygens (including phenoxy) is 1. The van der Waals surface area contributed by atoms with Gasteiger partial charge in [0.2, 0.25) is 11.4 Å². The van der Waals surface area contributed by atoms with E-state index in [0.29, 0.717) is 31.5 Å². The van der Waals surface area contributed by atoms with Crippen LogP contribution < -0.4 is 21.8 Å². The summed E-state index contributed by atoms with van der Waals surface area (Å²) in [4.78, 5) is 28.6. The number of aryl methyl sites for hydroxylation is 2. The molecule has 0 saturated carbocycles. The zero-order valence-electron chi connectivity index (χ0n) is 36.4. The number of nitrogens with one attached hydrogen (secondary N) is 1. The van der Waals surface area contributed by atoms with Crippen molar-refractivity contribution in [3.05, 3.63) is 235 Å². The number of fused-ring (bicyclic) bond motifs is 2. The van der Waals surface area contributed by atoms with Gasteiger partial charge in [-0.3, -0.25) is 4.79 Å². The minimum atomic E-state index is -1.01. The number of nitrogens with zero attached hydrogens (tertiary/aromatic N) is 5. The topological polar surface area (TPSA) is 143 Å². The highest BCUT2D eigenvalue weighted by atomic mass is 35.5. The maximum absolute atomic E-state index is 12.4. The maximum atomic E-state index is 12.4. The molecular formula is C53H42Cl4N8O2. The Morgan fingerprint density at radius 2 is 1.03 bits per heavy atom. The standard InChI is InChI=1S/C27H22Cl2N4O.C26H20Cl2N4O/c1-33-16-31-15-25(33)27(30,18-6-9-20(28)10-7-18)19-8-11-24-23(13-19)22(14-26(32-24)34-2)17-4-3-5-21(29)12-17;1-32-15-30-14-24(32)26(29,17-5-8-19(27)9-6-17)18-7-10-23-22(12-18)21(13-25(33)31-23)16-3-2-4-20(28)11-16/h3-16H,30H2,1-2H3;2-15H,29H2,1H3,(H,31,33). The third-order valence-electron chi connectivity index (χ3n) is 12.1. The quantitative estimate of drug-likeness (QED) is 0.131. The van der Waals surface area contributed by atoms with Crippen LogP contribution in [0.2, 0.25) is 20.1 Å². The molecule has 4 aromatic heterocycles. The SMILES string of the molecule is COc1cc(-c2cccc(Cl)c2)c2cc(C(N)(c3ccc(Cl)cc3)c3cncn3C)ccc2n1.Cn1cncc1C(N)(c1ccc(Cl)cc1)c1ccc2[nH]c(=O)cc(-c3cccc(Cl)c3)c2c1. The molecule has 10 aromatic rings. The second kappa shape index (κ2) is 18.5. The second-order valence-electron chi connectivity index (χ2n) is 16.2. The zero-order chi connectivity index (χ0) is 47.0. The van der Waals surface area contributed by atoms with E-state index in [2.05, 4.69) is 26.0 Å². The molecule has 10 rings (SSSR count). The predicted molar refractivity (Wildman–Crippen MR) is 271 cm³/mol. The smallest absolute Gasteiger partial charge is 0.249 e. The average Bonchev–Trinajstić information content (AvgIpc) is 3.98. The summed E-state index contributed by atoms with van der Waals surface area (Å²) in [5, 5.41) is 4.33. The number of aromatic amines is 1. The van der Waals surface area contributed by atoms with Crippen molar-refractivity contribution in [2.24, 2.45) is 25.6 Å². The van der Waals surface area contributed by atoms with Crippen LogP contribution in [0.5, 0.6) is 5.88 Å². The summed E-state index contributed by atoms with van der Waals surface area (Å²) in [7, 11) is 5.46. The van der Waals surface area contributed by atoms with Crippen molar-refractivity contribution in [1.82, 2.24) is 29.1 Å². The maximum Gasteiger partial charge on any atom is 0.249 e. The molecule has 5 N–H and O–H groups in total. The summed E-state index contributed by atoms with van der Waals surface area (Å²) in [6.07, 6.45) is 7.03. The second-order valence-corrected chi connectivity index (χ2v) is 17.9. The van der Waals surface area contributed by atoms with Crippen LogP contribution in [-0.4, -0.2) is 36.2 Å². The Labute approximate surface area is 406 Å². The molecule has 334 valence electrons. The predicted octanol–water partition coefficient (Wildman–Crippen LogP) is 11.7. The number of hydrogen-bond acceptors (Lipinski definition) is 7. The largest absolute Gasteiger partial charge is 0.481 e. The Morgan fingerprint density at radius 1 is 0.552 bits per heavy atom. The zero-order valence-corrected chi connectivity index (χ0v) is 39.4. The molecule has 6 aromatic carbocycles. The molecule has 0 aliphatic rings. The number of imidazole rings is 2. The molecule has 67 heavy (non-hydrogen) atoms. The molecule has 4 heterocycles. The lowest BCUT2D eigenvalue weighted by Gasteiger charge is -2.31. The van der Waals surface area contributed by atoms with Gasteiger partial charge in [-0.15, -0.1) is 0 Å². The van der Waals surface area contributed by atoms with Crippen molar-refractivity contribution >= 4 is 68.2 Å². The number of H-pyrrole nitrogens is 1. The van der Waals surface area contributed by atoms with Crippen molar-refractivity contribution in [2.45, 2.75) is 11.1 Å². The highest BCUT2D eigenvalue weighted by Gasteiger charge is 2.36. The van der Waals surface area contributed by atoms with Crippen LogP contribution in [0.4, 0.5) is 0 Å². The van der Waals surface area contributed by atoms with Gasteiger partial charge < -0.3 is 30.3 Å². The Balaban J connectivity index is 0.000000168. The van der Waals surface area contributed by atoms with Gasteiger partial charge in [0.1, 0.15) is 11.1 Å². The summed E-state index contributed by atoms with van der Waals surface area (Å²) in [6, 6.07) is 45.6. The van der Waals surface area contributed by atoms with Crippen LogP contribution in [-0.2, 0) is 25.2 Å². The first kappa shape index (κ1) is 45.4. The number of rotatable bonds is 9. The van der Waals surface area contributed by atoms with Crippen molar-refractivity contribution in [1.29, 1.82) is 0 Å². The molecule has 10 nitrogen and oxygen atoms in total. The normalized spacial score (nSPS) is 13.1. The number of methoxy groups -OCH3 is 1. The Kier molecular flexibility index (Phi) is 12.5. The summed E-state index contributed by atoms with van der Waals surface area (Å²) in [5.74, 6) is 0.526. The van der Waals surface area contributed by atoms with Gasteiger partial charge in [0, 0.05) is 62.6 Å². The van der Waals surface area contributed by atoms with Crippen LogP contribution in [0, 0.1) is 0 Å². The minimum absolute atomic E-state index is 0.187. The van der Waals surface area contributed by atoms with E-state index in [4.69, 9.17) is 62.6 Å². The lowest BCUT2D eigenvalue weighted by atomic mass is 9.80. The molecule has 0 bridgehead atoms. The van der Waals surface area contributed by atoms with Gasteiger partial charge in [0.15, 0.2) is 0 Å². The fourth-order valence-corrected chi connectivity index (χ4v) is 9.30. The summed E-state index contributed by atoms with van der Waals surface area (Å²) < 4.78 is 9.31. The molecule has 0 fully saturated rings. The van der Waals surface area contributed by atoms with Gasteiger partial charge in [-0.1, -0.05) is 107 Å². The lowest BCUT2D eigenvalue weighted by Crippen LogP contribution is -2.40. The van der Waals surface area contributed by atoms with E-state index in [0.717, 1.165) is 72.2 Å². The van der Waals surface area contributed by atoms with Crippen LogP contribution in [0.1, 0.15) is 33.6 Å². The van der Waals surface area contributed by atoms with Gasteiger partial charge in [0.25, 0.3) is 0 Å². The third-order valence-corrected chi connectivity index (χ3v) is 13.0. The van der Waals surface area contributed by atoms with Crippen LogP contribution in [0.25, 0.3) is 44.1 Å². The molecule has 0 saturated heterocycles. The first-order valence-corrected chi connectivity index (χ1v) is 22.5. The Bertz CT molecular complexity index is 3500. The highest BCUT2D eigenvalue weighted by molar-refractivity contribution is 6.31. The lowest BCUT2D eigenvalue weighted by molar-refractivity contribution is 0.400. The van der Waals surface area contributed by atoms with Gasteiger partial charge in [-0.25, -0.2) is 15.0 Å². The van der Waals surface area contributed by atoms with Gasteiger partial charge in [0.05, 0.1) is 49.1 Å². The first-order chi connectivity index (χ1) is 32.3. The number of nitrogens with two attached hydrogens (primary N) is 2. The molecule has 0 spiro atoms. The molecule has 14 heteroatoms. The van der Waals surface area contributed by atoms with E-state index < -0.39 is 11.1 Å². The van der Waals surface area contributed by atoms with Crippen LogP contribution in [0.3, 0.4) is 0 Å². The monoisotopic (exact) mass is 962 g/mol. The van der Waals surface area contributed by atoms with Crippen molar-refractivity contribution < 1.29 is 4.74 Å². The fraction of sp³-hybridized carbons (Fsp3) is 0.0943. The van der Waals surface area contributed by atoms with Crippen molar-refractivity contribution in [2.75, 3.05) is 7.11 Å². The summed E-state index contributed by atoms with van der Waals surface area (Å²) >= 11 is 24.9. The van der Waals surface area contributed by atoms with Crippen molar-refractivity contribution in [3.63, 3.8) is 0 Å². The van der Waals surface area contributed by atoms with E-state index in [9.17, 15) is 4.79 Å². The molecule has 2 unspecified atom stereocenters. The Hall–Kier alpha value is -6.76. The fourth-order valence-electron chi connectivity index (χ4n) is 8.66. The van der Waals surface area contributed by atoms with Gasteiger partial charge >= 0.3 is 0 Å². The van der Waals surface area contributed by atoms with E-state index in [1.165, 1.54) is 0 Å². The van der Waals surface area contributed by atoms with E-state index in [1.54, 1.807) is 44.3 Å². The Morgan fingerprint density at radius 3 is 1.51 bits per heavy atom. The molecule has 2 atom stereocenters. The van der Waals surface area contributed by atoms with Crippen LogP contribution in [0.15, 0.2) is 175 Å². The van der Waals surface area contributed by atoms with Crippen LogP contribution >= 0.6 is 46.4 Å². The van der Waals surface area contributed by atoms with Gasteiger partial charge in [-0.2, -0.15) is 0 Å². The van der Waals surface area contributed by atoms with E-state index >= 15 is 0 Å². The molecule has 0 aliphatic heterocycles.